The number of hydrogen-bond donors (Lipinski definition) is 3. The Balaban J connectivity index is 1.82. The van der Waals surface area contributed by atoms with Crippen LogP contribution < -0.4 is 0 Å². The molecule has 0 heterocycles. The minimum atomic E-state index is -2.77. The normalized spacial score (nSPS) is 48.5. The third-order valence-electron chi connectivity index (χ3n) is 8.07. The maximum absolute atomic E-state index is 13.4. The lowest BCUT2D eigenvalue weighted by atomic mass is 9.47. The van der Waals surface area contributed by atoms with Crippen molar-refractivity contribution in [3.05, 3.63) is 11.6 Å². The highest BCUT2D eigenvalue weighted by molar-refractivity contribution is 6.30. The molecule has 0 aromatic rings. The van der Waals surface area contributed by atoms with Crippen LogP contribution in [0.1, 0.15) is 33.6 Å². The number of allylic oxidation sites excluding steroid dienone is 1. The number of ketones is 5. The molecule has 4 aliphatic rings. The fraction of sp³-hybridized carbons (Fsp3) is 0.682. The molecule has 0 aromatic carbocycles. The fourth-order valence-electron chi connectivity index (χ4n) is 6.43. The van der Waals surface area contributed by atoms with Crippen LogP contribution >= 0.6 is 0 Å². The van der Waals surface area contributed by atoms with Crippen molar-refractivity contribution in [2.75, 3.05) is 0 Å². The first kappa shape index (κ1) is 21.2. The van der Waals surface area contributed by atoms with Gasteiger partial charge in [0.25, 0.3) is 0 Å². The predicted octanol–water partition coefficient (Wildman–Crippen LogP) is -0.581. The second-order valence-electron chi connectivity index (χ2n) is 9.44. The van der Waals surface area contributed by atoms with Crippen LogP contribution in [0.3, 0.4) is 0 Å². The minimum absolute atomic E-state index is 0.300. The first-order chi connectivity index (χ1) is 13.9. The topological polar surface area (TPSA) is 146 Å². The molecule has 3 N–H and O–H groups in total. The molecule has 10 atom stereocenters. The Morgan fingerprint density at radius 2 is 1.77 bits per heavy atom. The highest BCUT2D eigenvalue weighted by Crippen LogP contribution is 2.55. The van der Waals surface area contributed by atoms with Gasteiger partial charge in [-0.2, -0.15) is 0 Å². The summed E-state index contributed by atoms with van der Waals surface area (Å²) in [6.45, 7) is 4.51. The second-order valence-corrected chi connectivity index (χ2v) is 9.44. The van der Waals surface area contributed by atoms with Crippen LogP contribution in [0, 0.1) is 41.4 Å². The van der Waals surface area contributed by atoms with Crippen molar-refractivity contribution in [3.8, 4) is 0 Å². The number of fused-ring (bicyclic) bond motifs is 3. The van der Waals surface area contributed by atoms with Crippen LogP contribution in [-0.2, 0) is 24.0 Å². The standard InChI is InChI=1S/C22H26O8/c1-7-4-5-10-8(2)13-16(19(27)15(10)17(7)25)21(29)22(30)11(18(13)26)6-12(24)14(9(3)23)20(22)28/h4,8,10-11,13-18,25-26,30H,5-6H2,1-3H3/t8-,10?,11+,13+,14?,15?,16?,17?,18+,22+/m0/s1. The van der Waals surface area contributed by atoms with E-state index in [4.69, 9.17) is 0 Å². The largest absolute Gasteiger partial charge is 0.392 e. The SMILES string of the molecule is CC(=O)C1C(=O)C[C@@H]2[C@@H](O)[C@H]3C(C(=O)C4C(O)C(C)=CCC4[C@@H]3C)C(=O)[C@]2(O)C1=O. The van der Waals surface area contributed by atoms with E-state index in [-0.39, 0.29) is 11.8 Å². The minimum Gasteiger partial charge on any atom is -0.392 e. The first-order valence-electron chi connectivity index (χ1n) is 10.3. The molecule has 8 heteroatoms. The van der Waals surface area contributed by atoms with Crippen LogP contribution in [-0.4, -0.2) is 62.0 Å². The van der Waals surface area contributed by atoms with Gasteiger partial charge in [-0.15, -0.1) is 0 Å². The fourth-order valence-corrected chi connectivity index (χ4v) is 6.43. The Morgan fingerprint density at radius 1 is 1.13 bits per heavy atom. The summed E-state index contributed by atoms with van der Waals surface area (Å²) < 4.78 is 0. The van der Waals surface area contributed by atoms with Crippen molar-refractivity contribution in [3.63, 3.8) is 0 Å². The van der Waals surface area contributed by atoms with E-state index in [1.165, 1.54) is 0 Å². The van der Waals surface area contributed by atoms with E-state index in [0.717, 1.165) is 6.92 Å². The molecule has 0 amide bonds. The highest BCUT2D eigenvalue weighted by Gasteiger charge is 2.71. The summed E-state index contributed by atoms with van der Waals surface area (Å²) in [6.07, 6.45) is -0.662. The molecule has 4 aliphatic carbocycles. The van der Waals surface area contributed by atoms with Crippen molar-refractivity contribution in [2.45, 2.75) is 51.4 Å². The van der Waals surface area contributed by atoms with Gasteiger partial charge in [0.15, 0.2) is 23.0 Å². The summed E-state index contributed by atoms with van der Waals surface area (Å²) in [6, 6.07) is 0. The Morgan fingerprint density at radius 3 is 2.37 bits per heavy atom. The van der Waals surface area contributed by atoms with Crippen molar-refractivity contribution >= 4 is 28.9 Å². The van der Waals surface area contributed by atoms with Crippen molar-refractivity contribution in [1.82, 2.24) is 0 Å². The van der Waals surface area contributed by atoms with E-state index in [1.807, 2.05) is 6.08 Å². The van der Waals surface area contributed by atoms with Crippen molar-refractivity contribution in [1.29, 1.82) is 0 Å². The van der Waals surface area contributed by atoms with E-state index in [1.54, 1.807) is 13.8 Å². The summed E-state index contributed by atoms with van der Waals surface area (Å²) in [7, 11) is 0. The van der Waals surface area contributed by atoms with Crippen molar-refractivity contribution < 1.29 is 39.3 Å². The molecule has 4 rings (SSSR count). The van der Waals surface area contributed by atoms with Gasteiger partial charge in [-0.05, 0) is 37.7 Å². The summed E-state index contributed by atoms with van der Waals surface area (Å²) in [5.74, 6) is -11.4. The van der Waals surface area contributed by atoms with Gasteiger partial charge in [-0.25, -0.2) is 0 Å². The number of aliphatic hydroxyl groups excluding tert-OH is 2. The van der Waals surface area contributed by atoms with E-state index >= 15 is 0 Å². The van der Waals surface area contributed by atoms with Crippen LogP contribution in [0.25, 0.3) is 0 Å². The summed E-state index contributed by atoms with van der Waals surface area (Å²) in [5.41, 5.74) is -2.15. The number of carbonyl (C=O) groups excluding carboxylic acids is 5. The zero-order chi connectivity index (χ0) is 22.3. The molecule has 8 nitrogen and oxygen atoms in total. The molecule has 0 aromatic heterocycles. The molecule has 0 radical (unpaired) electrons. The van der Waals surface area contributed by atoms with Crippen LogP contribution in [0.5, 0.6) is 0 Å². The van der Waals surface area contributed by atoms with Gasteiger partial charge >= 0.3 is 0 Å². The van der Waals surface area contributed by atoms with Crippen LogP contribution in [0.15, 0.2) is 11.6 Å². The number of hydrogen-bond acceptors (Lipinski definition) is 8. The zero-order valence-electron chi connectivity index (χ0n) is 17.1. The van der Waals surface area contributed by atoms with Gasteiger partial charge in [0.2, 0.25) is 0 Å². The molecule has 30 heavy (non-hydrogen) atoms. The van der Waals surface area contributed by atoms with Gasteiger partial charge in [0.1, 0.15) is 17.5 Å². The molecule has 5 unspecified atom stereocenters. The van der Waals surface area contributed by atoms with Crippen molar-refractivity contribution in [2.24, 2.45) is 41.4 Å². The van der Waals surface area contributed by atoms with Gasteiger partial charge in [-0.3, -0.25) is 24.0 Å². The molecule has 0 saturated heterocycles. The first-order valence-corrected chi connectivity index (χ1v) is 10.3. The number of carbonyl (C=O) groups is 5. The lowest BCUT2D eigenvalue weighted by Gasteiger charge is -2.56. The zero-order valence-corrected chi connectivity index (χ0v) is 17.1. The predicted molar refractivity (Wildman–Crippen MR) is 101 cm³/mol. The van der Waals surface area contributed by atoms with Crippen LogP contribution in [0.2, 0.25) is 0 Å². The lowest BCUT2D eigenvalue weighted by Crippen LogP contribution is -2.73. The third-order valence-corrected chi connectivity index (χ3v) is 8.07. The number of Topliss-reactive ketones (excluding diaryl/α,β-unsaturated/α-hetero) is 5. The maximum atomic E-state index is 13.4. The van der Waals surface area contributed by atoms with E-state index < -0.39 is 82.7 Å². The molecule has 0 spiro atoms. The number of rotatable bonds is 1. The monoisotopic (exact) mass is 418 g/mol. The lowest BCUT2D eigenvalue weighted by molar-refractivity contribution is -0.200. The molecular formula is C22H26O8. The van der Waals surface area contributed by atoms with Gasteiger partial charge in [0.05, 0.1) is 24.0 Å². The van der Waals surface area contributed by atoms with E-state index in [9.17, 15) is 39.3 Å². The molecule has 0 bridgehead atoms. The Hall–Kier alpha value is -2.03. The smallest absolute Gasteiger partial charge is 0.190 e. The van der Waals surface area contributed by atoms with Crippen LogP contribution in [0.4, 0.5) is 0 Å². The van der Waals surface area contributed by atoms with Gasteiger partial charge in [-0.1, -0.05) is 13.0 Å². The Bertz CT molecular complexity index is 903. The second kappa shape index (κ2) is 6.73. The Kier molecular flexibility index (Phi) is 4.76. The summed E-state index contributed by atoms with van der Waals surface area (Å²) in [5, 5.41) is 32.9. The van der Waals surface area contributed by atoms with Gasteiger partial charge < -0.3 is 15.3 Å². The summed E-state index contributed by atoms with van der Waals surface area (Å²) in [4.78, 5) is 64.1. The molecule has 3 saturated carbocycles. The van der Waals surface area contributed by atoms with E-state index in [0.29, 0.717) is 12.0 Å². The third kappa shape index (κ3) is 2.47. The maximum Gasteiger partial charge on any atom is 0.190 e. The Labute approximate surface area is 173 Å². The molecule has 0 aliphatic heterocycles. The molecule has 162 valence electrons. The average Bonchev–Trinajstić information content (AvgIpc) is 2.67. The summed E-state index contributed by atoms with van der Waals surface area (Å²) >= 11 is 0. The van der Waals surface area contributed by atoms with Gasteiger partial charge in [0, 0.05) is 18.3 Å². The quantitative estimate of drug-likeness (QED) is 0.379. The molecular weight excluding hydrogens is 392 g/mol. The highest BCUT2D eigenvalue weighted by atomic mass is 16.3. The average molecular weight is 418 g/mol. The number of aliphatic hydroxyl groups is 3. The molecule has 3 fully saturated rings. The van der Waals surface area contributed by atoms with E-state index in [2.05, 4.69) is 0 Å².